The second-order valence-electron chi connectivity index (χ2n) is 6.36. The average Bonchev–Trinajstić information content (AvgIpc) is 3.41. The maximum Gasteiger partial charge on any atom is 0.214 e. The number of furan rings is 1. The zero-order valence-electron chi connectivity index (χ0n) is 15.7. The zero-order chi connectivity index (χ0) is 19.9. The van der Waals surface area contributed by atoms with E-state index in [1.807, 2.05) is 42.5 Å². The average molecular weight is 409 g/mol. The summed E-state index contributed by atoms with van der Waals surface area (Å²) in [6, 6.07) is 20.0. The molecule has 0 saturated heterocycles. The Balaban J connectivity index is 1.20. The van der Waals surface area contributed by atoms with Gasteiger partial charge in [0.1, 0.15) is 17.3 Å². The highest BCUT2D eigenvalue weighted by Gasteiger charge is 2.08. The standard InChI is InChI=1S/C21H20FN5OS/c22-17-9-7-16(8-10-17)20-12-11-19(28-20)15-23-13-4-14-29-21-24-25-26-27(21)18-5-2-1-3-6-18/h1-3,5-12,23H,4,13-15H2. The van der Waals surface area contributed by atoms with E-state index in [-0.39, 0.29) is 5.82 Å². The fourth-order valence-corrected chi connectivity index (χ4v) is 3.64. The fraction of sp³-hybridized carbons (Fsp3) is 0.190. The van der Waals surface area contributed by atoms with E-state index in [9.17, 15) is 4.39 Å². The van der Waals surface area contributed by atoms with Gasteiger partial charge in [-0.1, -0.05) is 30.0 Å². The number of nitrogens with zero attached hydrogens (tertiary/aromatic N) is 4. The second-order valence-corrected chi connectivity index (χ2v) is 7.42. The van der Waals surface area contributed by atoms with Crippen LogP contribution in [0, 0.1) is 5.82 Å². The van der Waals surface area contributed by atoms with E-state index >= 15 is 0 Å². The Labute approximate surface area is 172 Å². The number of aromatic nitrogens is 4. The third kappa shape index (κ3) is 5.10. The van der Waals surface area contributed by atoms with Gasteiger partial charge in [0.05, 0.1) is 12.2 Å². The van der Waals surface area contributed by atoms with E-state index in [4.69, 9.17) is 4.42 Å². The molecule has 6 nitrogen and oxygen atoms in total. The predicted octanol–water partition coefficient (Wildman–Crippen LogP) is 4.33. The molecule has 0 saturated carbocycles. The van der Waals surface area contributed by atoms with E-state index in [2.05, 4.69) is 20.8 Å². The molecular formula is C21H20FN5OS. The first-order valence-corrected chi connectivity index (χ1v) is 10.3. The van der Waals surface area contributed by atoms with Crippen molar-refractivity contribution < 1.29 is 8.81 Å². The monoisotopic (exact) mass is 409 g/mol. The molecule has 0 unspecified atom stereocenters. The van der Waals surface area contributed by atoms with Crippen LogP contribution in [-0.2, 0) is 6.54 Å². The Bertz CT molecular complexity index is 1030. The van der Waals surface area contributed by atoms with E-state index in [1.54, 1.807) is 28.6 Å². The van der Waals surface area contributed by atoms with Gasteiger partial charge >= 0.3 is 0 Å². The molecule has 4 rings (SSSR count). The summed E-state index contributed by atoms with van der Waals surface area (Å²) in [6.07, 6.45) is 0.970. The number of hydrogen-bond acceptors (Lipinski definition) is 6. The van der Waals surface area contributed by atoms with Crippen molar-refractivity contribution in [2.45, 2.75) is 18.1 Å². The number of hydrogen-bond donors (Lipinski definition) is 1. The minimum atomic E-state index is -0.252. The molecule has 0 aliphatic carbocycles. The summed E-state index contributed by atoms with van der Waals surface area (Å²) < 4.78 is 20.6. The summed E-state index contributed by atoms with van der Waals surface area (Å²) in [4.78, 5) is 0. The molecule has 0 fully saturated rings. The Morgan fingerprint density at radius 1 is 1.00 bits per heavy atom. The lowest BCUT2D eigenvalue weighted by molar-refractivity contribution is 0.494. The highest BCUT2D eigenvalue weighted by atomic mass is 32.2. The summed E-state index contributed by atoms with van der Waals surface area (Å²) in [6.45, 7) is 1.50. The van der Waals surface area contributed by atoms with Crippen LogP contribution in [0.15, 0.2) is 76.3 Å². The van der Waals surface area contributed by atoms with Crippen molar-refractivity contribution in [1.29, 1.82) is 0 Å². The third-order valence-corrected chi connectivity index (χ3v) is 5.27. The summed E-state index contributed by atoms with van der Waals surface area (Å²) in [5.41, 5.74) is 1.82. The topological polar surface area (TPSA) is 68.8 Å². The minimum Gasteiger partial charge on any atom is -0.460 e. The lowest BCUT2D eigenvalue weighted by atomic mass is 10.2. The van der Waals surface area contributed by atoms with Crippen LogP contribution in [0.2, 0.25) is 0 Å². The largest absolute Gasteiger partial charge is 0.460 e. The molecular weight excluding hydrogens is 389 g/mol. The van der Waals surface area contributed by atoms with Crippen molar-refractivity contribution in [3.05, 3.63) is 78.3 Å². The Morgan fingerprint density at radius 2 is 1.83 bits per heavy atom. The zero-order valence-corrected chi connectivity index (χ0v) is 16.5. The molecule has 2 aromatic heterocycles. The molecule has 148 valence electrons. The predicted molar refractivity (Wildman–Crippen MR) is 110 cm³/mol. The molecule has 1 N–H and O–H groups in total. The quantitative estimate of drug-likeness (QED) is 0.328. The SMILES string of the molecule is Fc1ccc(-c2ccc(CNCCCSc3nnnn3-c3ccccc3)o2)cc1. The van der Waals surface area contributed by atoms with Gasteiger partial charge in [-0.3, -0.25) is 0 Å². The van der Waals surface area contributed by atoms with Gasteiger partial charge in [-0.05, 0) is 71.9 Å². The van der Waals surface area contributed by atoms with Gasteiger partial charge in [-0.2, -0.15) is 4.68 Å². The first-order valence-electron chi connectivity index (χ1n) is 9.31. The molecule has 2 aromatic carbocycles. The summed E-state index contributed by atoms with van der Waals surface area (Å²) in [5.74, 6) is 2.24. The van der Waals surface area contributed by atoms with Gasteiger partial charge in [-0.25, -0.2) is 4.39 Å². The van der Waals surface area contributed by atoms with Gasteiger partial charge in [0.25, 0.3) is 0 Å². The van der Waals surface area contributed by atoms with Crippen LogP contribution >= 0.6 is 11.8 Å². The van der Waals surface area contributed by atoms with E-state index in [0.717, 1.165) is 46.6 Å². The molecule has 29 heavy (non-hydrogen) atoms. The Kier molecular flexibility index (Phi) is 6.33. The lowest BCUT2D eigenvalue weighted by Crippen LogP contribution is -2.14. The second kappa shape index (κ2) is 9.49. The van der Waals surface area contributed by atoms with Crippen molar-refractivity contribution in [2.75, 3.05) is 12.3 Å². The molecule has 2 heterocycles. The number of halogens is 1. The molecule has 0 spiro atoms. The molecule has 8 heteroatoms. The Morgan fingerprint density at radius 3 is 2.66 bits per heavy atom. The van der Waals surface area contributed by atoms with Crippen LogP contribution in [0.25, 0.3) is 17.0 Å². The van der Waals surface area contributed by atoms with Gasteiger partial charge < -0.3 is 9.73 Å². The number of nitrogens with one attached hydrogen (secondary N) is 1. The smallest absolute Gasteiger partial charge is 0.214 e. The number of para-hydroxylation sites is 1. The van der Waals surface area contributed by atoms with Crippen LogP contribution in [0.3, 0.4) is 0 Å². The van der Waals surface area contributed by atoms with Gasteiger partial charge in [-0.15, -0.1) is 5.10 Å². The van der Waals surface area contributed by atoms with Crippen molar-refractivity contribution >= 4 is 11.8 Å². The van der Waals surface area contributed by atoms with E-state index < -0.39 is 0 Å². The number of benzene rings is 2. The molecule has 0 atom stereocenters. The van der Waals surface area contributed by atoms with Gasteiger partial charge in [0, 0.05) is 11.3 Å². The minimum absolute atomic E-state index is 0.252. The maximum atomic E-state index is 13.0. The van der Waals surface area contributed by atoms with Crippen LogP contribution < -0.4 is 5.32 Å². The maximum absolute atomic E-state index is 13.0. The normalized spacial score (nSPS) is 11.1. The Hall–Kier alpha value is -2.97. The van der Waals surface area contributed by atoms with Crippen LogP contribution in [0.5, 0.6) is 0 Å². The summed E-state index contributed by atoms with van der Waals surface area (Å²) in [5, 5.41) is 16.1. The molecule has 0 aliphatic heterocycles. The highest BCUT2D eigenvalue weighted by molar-refractivity contribution is 7.99. The fourth-order valence-electron chi connectivity index (χ4n) is 2.81. The van der Waals surface area contributed by atoms with E-state index in [1.165, 1.54) is 12.1 Å². The van der Waals surface area contributed by atoms with Crippen LogP contribution in [-0.4, -0.2) is 32.5 Å². The first-order chi connectivity index (χ1) is 14.3. The lowest BCUT2D eigenvalue weighted by Gasteiger charge is -2.05. The molecule has 4 aromatic rings. The summed E-state index contributed by atoms with van der Waals surface area (Å²) >= 11 is 1.63. The third-order valence-electron chi connectivity index (χ3n) is 4.26. The molecule has 0 aliphatic rings. The van der Waals surface area contributed by atoms with Gasteiger partial charge in [0.2, 0.25) is 5.16 Å². The van der Waals surface area contributed by atoms with Crippen molar-refractivity contribution in [1.82, 2.24) is 25.5 Å². The highest BCUT2D eigenvalue weighted by Crippen LogP contribution is 2.22. The van der Waals surface area contributed by atoms with Crippen molar-refractivity contribution in [3.63, 3.8) is 0 Å². The number of rotatable bonds is 9. The van der Waals surface area contributed by atoms with Gasteiger partial charge in [0.15, 0.2) is 0 Å². The molecule has 0 bridgehead atoms. The van der Waals surface area contributed by atoms with E-state index in [0.29, 0.717) is 6.54 Å². The summed E-state index contributed by atoms with van der Waals surface area (Å²) in [7, 11) is 0. The number of thioether (sulfide) groups is 1. The molecule has 0 amide bonds. The van der Waals surface area contributed by atoms with Crippen molar-refractivity contribution in [2.24, 2.45) is 0 Å². The number of tetrazole rings is 1. The van der Waals surface area contributed by atoms with Crippen LogP contribution in [0.4, 0.5) is 4.39 Å². The molecule has 0 radical (unpaired) electrons. The first kappa shape index (κ1) is 19.4. The van der Waals surface area contributed by atoms with Crippen molar-refractivity contribution in [3.8, 4) is 17.0 Å². The van der Waals surface area contributed by atoms with Crippen LogP contribution in [0.1, 0.15) is 12.2 Å².